The van der Waals surface area contributed by atoms with Crippen LogP contribution in [0.2, 0.25) is 10.0 Å². The van der Waals surface area contributed by atoms with E-state index in [1.807, 2.05) is 0 Å². The Morgan fingerprint density at radius 2 is 2.00 bits per heavy atom. The minimum Gasteiger partial charge on any atom is -0.453 e. The van der Waals surface area contributed by atoms with Crippen LogP contribution in [0.3, 0.4) is 0 Å². The molecular weight excluding hydrogens is 259 g/mol. The normalized spacial score (nSPS) is 10.5. The third-order valence-electron chi connectivity index (χ3n) is 2.40. The van der Waals surface area contributed by atoms with Crippen LogP contribution in [0.4, 0.5) is 0 Å². The lowest BCUT2D eigenvalue weighted by Crippen LogP contribution is -1.92. The number of halogens is 2. The number of carbonyl (C=O) groups excluding carboxylic acids is 1. The molecule has 0 spiro atoms. The number of benzene rings is 1. The molecule has 4 heteroatoms. The van der Waals surface area contributed by atoms with E-state index in [-0.39, 0.29) is 5.78 Å². The predicted octanol–water partition coefficient (Wildman–Crippen LogP) is 4.85. The Morgan fingerprint density at radius 3 is 2.65 bits per heavy atom. The fraction of sp³-hybridized carbons (Fsp3) is 0.154. The molecule has 0 unspecified atom stereocenters. The smallest absolute Gasteiger partial charge is 0.197 e. The fourth-order valence-corrected chi connectivity index (χ4v) is 2.00. The van der Waals surface area contributed by atoms with Crippen molar-refractivity contribution in [3.05, 3.63) is 46.1 Å². The van der Waals surface area contributed by atoms with Gasteiger partial charge in [-0.05, 0) is 30.3 Å². The van der Waals surface area contributed by atoms with Crippen LogP contribution in [0.25, 0.3) is 11.3 Å². The average molecular weight is 269 g/mol. The van der Waals surface area contributed by atoms with Crippen molar-refractivity contribution in [2.75, 3.05) is 0 Å². The van der Waals surface area contributed by atoms with Gasteiger partial charge in [0.2, 0.25) is 0 Å². The van der Waals surface area contributed by atoms with Gasteiger partial charge in [-0.25, -0.2) is 0 Å². The monoisotopic (exact) mass is 268 g/mol. The summed E-state index contributed by atoms with van der Waals surface area (Å²) in [5.74, 6) is 0.901. The Labute approximate surface area is 109 Å². The molecule has 1 aromatic heterocycles. The Kier molecular flexibility index (Phi) is 3.55. The molecule has 0 amide bonds. The van der Waals surface area contributed by atoms with Crippen molar-refractivity contribution < 1.29 is 9.21 Å². The zero-order valence-electron chi connectivity index (χ0n) is 9.17. The summed E-state index contributed by atoms with van der Waals surface area (Å²) in [4.78, 5) is 11.4. The largest absolute Gasteiger partial charge is 0.453 e. The van der Waals surface area contributed by atoms with Crippen molar-refractivity contribution in [2.45, 2.75) is 13.3 Å². The Hall–Kier alpha value is -1.25. The van der Waals surface area contributed by atoms with E-state index in [4.69, 9.17) is 27.6 Å². The highest BCUT2D eigenvalue weighted by atomic mass is 35.5. The summed E-state index contributed by atoms with van der Waals surface area (Å²) in [7, 11) is 0. The molecule has 1 aromatic carbocycles. The fourth-order valence-electron chi connectivity index (χ4n) is 1.50. The third kappa shape index (κ3) is 2.54. The van der Waals surface area contributed by atoms with Gasteiger partial charge in [0.05, 0.1) is 5.02 Å². The first kappa shape index (κ1) is 12.2. The third-order valence-corrected chi connectivity index (χ3v) is 2.95. The zero-order chi connectivity index (χ0) is 12.4. The highest BCUT2D eigenvalue weighted by Gasteiger charge is 2.12. The molecule has 0 fully saturated rings. The van der Waals surface area contributed by atoms with Gasteiger partial charge in [0, 0.05) is 17.0 Å². The van der Waals surface area contributed by atoms with E-state index in [0.717, 1.165) is 5.56 Å². The van der Waals surface area contributed by atoms with Gasteiger partial charge in [-0.1, -0.05) is 30.1 Å². The van der Waals surface area contributed by atoms with Gasteiger partial charge >= 0.3 is 0 Å². The first-order valence-electron chi connectivity index (χ1n) is 5.20. The minimum atomic E-state index is -0.0265. The maximum absolute atomic E-state index is 11.4. The molecule has 0 aliphatic rings. The summed E-state index contributed by atoms with van der Waals surface area (Å²) in [6.45, 7) is 1.79. The predicted molar refractivity (Wildman–Crippen MR) is 68.8 cm³/mol. The van der Waals surface area contributed by atoms with Crippen LogP contribution in [0, 0.1) is 0 Å². The molecule has 2 aromatic rings. The summed E-state index contributed by atoms with van der Waals surface area (Å²) < 4.78 is 5.47. The van der Waals surface area contributed by atoms with E-state index in [0.29, 0.717) is 28.0 Å². The highest BCUT2D eigenvalue weighted by Crippen LogP contribution is 2.31. The number of ketones is 1. The molecule has 0 N–H and O–H groups in total. The quantitative estimate of drug-likeness (QED) is 0.746. The Bertz CT molecular complexity index is 558. The summed E-state index contributed by atoms with van der Waals surface area (Å²) in [6.07, 6.45) is 0.418. The summed E-state index contributed by atoms with van der Waals surface area (Å²) in [5.41, 5.74) is 0.728. The Balaban J connectivity index is 2.40. The van der Waals surface area contributed by atoms with E-state index in [1.165, 1.54) is 0 Å². The van der Waals surface area contributed by atoms with Gasteiger partial charge < -0.3 is 4.42 Å². The second-order valence-electron chi connectivity index (χ2n) is 3.56. The van der Waals surface area contributed by atoms with Crippen molar-refractivity contribution in [3.8, 4) is 11.3 Å². The molecule has 0 aliphatic heterocycles. The molecule has 0 saturated heterocycles. The number of hydrogen-bond donors (Lipinski definition) is 0. The molecule has 0 bridgehead atoms. The standard InChI is InChI=1S/C13H10Cl2O2/c1-2-11(16)13-6-5-12(17-13)9-4-3-8(14)7-10(9)15/h3-7H,2H2,1H3. The van der Waals surface area contributed by atoms with E-state index in [2.05, 4.69) is 0 Å². The molecule has 0 atom stereocenters. The minimum absolute atomic E-state index is 0.0265. The van der Waals surface area contributed by atoms with Gasteiger partial charge in [-0.2, -0.15) is 0 Å². The van der Waals surface area contributed by atoms with Crippen LogP contribution in [-0.2, 0) is 0 Å². The van der Waals surface area contributed by atoms with Crippen LogP contribution in [0.5, 0.6) is 0 Å². The van der Waals surface area contributed by atoms with Crippen LogP contribution in [-0.4, -0.2) is 5.78 Å². The first-order valence-corrected chi connectivity index (χ1v) is 5.96. The lowest BCUT2D eigenvalue weighted by atomic mass is 10.2. The molecule has 0 aliphatic carbocycles. The van der Waals surface area contributed by atoms with E-state index in [9.17, 15) is 4.79 Å². The molecule has 0 radical (unpaired) electrons. The summed E-state index contributed by atoms with van der Waals surface area (Å²) >= 11 is 11.9. The molecule has 1 heterocycles. The zero-order valence-corrected chi connectivity index (χ0v) is 10.7. The number of hydrogen-bond acceptors (Lipinski definition) is 2. The maximum Gasteiger partial charge on any atom is 0.197 e. The van der Waals surface area contributed by atoms with Gasteiger partial charge in [-0.15, -0.1) is 0 Å². The van der Waals surface area contributed by atoms with Gasteiger partial charge in [0.1, 0.15) is 5.76 Å². The van der Waals surface area contributed by atoms with Crippen LogP contribution in [0.15, 0.2) is 34.7 Å². The molecule has 0 saturated carbocycles. The lowest BCUT2D eigenvalue weighted by molar-refractivity contribution is 0.0962. The molecule has 88 valence electrons. The van der Waals surface area contributed by atoms with Crippen molar-refractivity contribution in [2.24, 2.45) is 0 Å². The average Bonchev–Trinajstić information content (AvgIpc) is 2.77. The van der Waals surface area contributed by atoms with Gasteiger partial charge in [0.25, 0.3) is 0 Å². The number of carbonyl (C=O) groups is 1. The van der Waals surface area contributed by atoms with Gasteiger partial charge in [-0.3, -0.25) is 4.79 Å². The molecule has 2 rings (SSSR count). The summed E-state index contributed by atoms with van der Waals surface area (Å²) in [5, 5.41) is 1.07. The van der Waals surface area contributed by atoms with Crippen molar-refractivity contribution in [1.82, 2.24) is 0 Å². The van der Waals surface area contributed by atoms with Crippen molar-refractivity contribution >= 4 is 29.0 Å². The van der Waals surface area contributed by atoms with Crippen LogP contribution >= 0.6 is 23.2 Å². The summed E-state index contributed by atoms with van der Waals surface area (Å²) in [6, 6.07) is 8.53. The second-order valence-corrected chi connectivity index (χ2v) is 4.41. The van der Waals surface area contributed by atoms with E-state index >= 15 is 0 Å². The van der Waals surface area contributed by atoms with Crippen LogP contribution in [0.1, 0.15) is 23.9 Å². The lowest BCUT2D eigenvalue weighted by Gasteiger charge is -2.01. The number of rotatable bonds is 3. The van der Waals surface area contributed by atoms with Crippen molar-refractivity contribution in [3.63, 3.8) is 0 Å². The number of Topliss-reactive ketones (excluding diaryl/α,β-unsaturated/α-hetero) is 1. The van der Waals surface area contributed by atoms with Gasteiger partial charge in [0.15, 0.2) is 11.5 Å². The maximum atomic E-state index is 11.4. The highest BCUT2D eigenvalue weighted by molar-refractivity contribution is 6.36. The van der Waals surface area contributed by atoms with E-state index < -0.39 is 0 Å². The second kappa shape index (κ2) is 4.94. The van der Waals surface area contributed by atoms with Crippen LogP contribution < -0.4 is 0 Å². The topological polar surface area (TPSA) is 30.2 Å². The van der Waals surface area contributed by atoms with E-state index in [1.54, 1.807) is 37.3 Å². The molecular formula is C13H10Cl2O2. The molecule has 2 nitrogen and oxygen atoms in total. The number of furan rings is 1. The van der Waals surface area contributed by atoms with Crippen molar-refractivity contribution in [1.29, 1.82) is 0 Å². The molecule has 17 heavy (non-hydrogen) atoms. The Morgan fingerprint density at radius 1 is 1.24 bits per heavy atom. The first-order chi connectivity index (χ1) is 8.11. The SMILES string of the molecule is CCC(=O)c1ccc(-c2ccc(Cl)cc2Cl)o1.